The Balaban J connectivity index is 2.31. The second kappa shape index (κ2) is 5.42. The molecule has 0 saturated carbocycles. The Morgan fingerprint density at radius 3 is 2.41 bits per heavy atom. The van der Waals surface area contributed by atoms with E-state index in [0.717, 1.165) is 0 Å². The lowest BCUT2D eigenvalue weighted by atomic mass is 10.2. The number of rotatable bonds is 3. The number of nitrogens with one attached hydrogen (secondary N) is 1. The Morgan fingerprint density at radius 2 is 1.88 bits per heavy atom. The number of aromatic hydroxyl groups is 1. The van der Waals surface area contributed by atoms with Crippen molar-refractivity contribution in [3.8, 4) is 5.75 Å². The van der Waals surface area contributed by atoms with Crippen LogP contribution in [-0.4, -0.2) is 24.0 Å². The highest BCUT2D eigenvalue weighted by Crippen LogP contribution is 2.14. The van der Waals surface area contributed by atoms with Gasteiger partial charge in [0, 0.05) is 6.54 Å². The molecule has 0 aliphatic rings. The summed E-state index contributed by atoms with van der Waals surface area (Å²) in [5, 5.41) is 11.1. The lowest BCUT2D eigenvalue weighted by molar-refractivity contribution is -0.160. The van der Waals surface area contributed by atoms with E-state index in [1.165, 1.54) is 24.3 Å². The van der Waals surface area contributed by atoms with Crippen molar-refractivity contribution in [3.63, 3.8) is 0 Å². The molecule has 4 nitrogen and oxygen atoms in total. The highest BCUT2D eigenvalue weighted by Gasteiger charge is 2.29. The zero-order chi connectivity index (χ0) is 12.9. The van der Waals surface area contributed by atoms with Gasteiger partial charge in [0.2, 0.25) is 0 Å². The molecule has 0 aliphatic carbocycles. The second-order valence-corrected chi connectivity index (χ2v) is 3.21. The Bertz CT molecular complexity index is 375. The van der Waals surface area contributed by atoms with Crippen molar-refractivity contribution in [3.05, 3.63) is 29.8 Å². The monoisotopic (exact) mass is 249 g/mol. The van der Waals surface area contributed by atoms with Gasteiger partial charge >= 0.3 is 12.3 Å². The zero-order valence-electron chi connectivity index (χ0n) is 8.62. The summed E-state index contributed by atoms with van der Waals surface area (Å²) in [7, 11) is 0. The molecule has 1 aromatic carbocycles. The topological polar surface area (TPSA) is 58.6 Å². The van der Waals surface area contributed by atoms with Crippen molar-refractivity contribution in [1.82, 2.24) is 5.32 Å². The van der Waals surface area contributed by atoms with E-state index >= 15 is 0 Å². The fourth-order valence-electron chi connectivity index (χ4n) is 0.986. The number of phenolic OH excluding ortho intramolecular Hbond substituents is 1. The summed E-state index contributed by atoms with van der Waals surface area (Å²) in [5.41, 5.74) is 0.631. The van der Waals surface area contributed by atoms with Crippen LogP contribution in [0.25, 0.3) is 0 Å². The minimum Gasteiger partial charge on any atom is -0.508 e. The molecule has 0 bridgehead atoms. The third-order valence-corrected chi connectivity index (χ3v) is 1.74. The molecule has 1 amide bonds. The van der Waals surface area contributed by atoms with Crippen molar-refractivity contribution in [2.75, 3.05) is 6.61 Å². The van der Waals surface area contributed by atoms with Crippen LogP contribution in [0.2, 0.25) is 0 Å². The SMILES string of the molecule is O=C(NCc1ccc(O)cc1)OCC(F)(F)F. The predicted molar refractivity (Wildman–Crippen MR) is 52.3 cm³/mol. The molecule has 0 atom stereocenters. The first-order valence-electron chi connectivity index (χ1n) is 4.62. The van der Waals surface area contributed by atoms with E-state index < -0.39 is 18.9 Å². The summed E-state index contributed by atoms with van der Waals surface area (Å²) in [5.74, 6) is 0.0633. The summed E-state index contributed by atoms with van der Waals surface area (Å²) in [6, 6.07) is 5.86. The first-order valence-corrected chi connectivity index (χ1v) is 4.62. The molecule has 0 aliphatic heterocycles. The van der Waals surface area contributed by atoms with Crippen LogP contribution in [0.5, 0.6) is 5.75 Å². The smallest absolute Gasteiger partial charge is 0.422 e. The molecule has 17 heavy (non-hydrogen) atoms. The molecule has 0 aromatic heterocycles. The lowest BCUT2D eigenvalue weighted by Crippen LogP contribution is -2.28. The molecule has 0 unspecified atom stereocenters. The maximum Gasteiger partial charge on any atom is 0.422 e. The van der Waals surface area contributed by atoms with E-state index in [1.807, 2.05) is 0 Å². The summed E-state index contributed by atoms with van der Waals surface area (Å²) in [6.45, 7) is -1.59. The minimum atomic E-state index is -4.53. The van der Waals surface area contributed by atoms with Gasteiger partial charge in [0.05, 0.1) is 0 Å². The van der Waals surface area contributed by atoms with Crippen molar-refractivity contribution in [2.24, 2.45) is 0 Å². The van der Waals surface area contributed by atoms with Crippen LogP contribution in [0.3, 0.4) is 0 Å². The second-order valence-electron chi connectivity index (χ2n) is 3.21. The van der Waals surface area contributed by atoms with Crippen LogP contribution in [0, 0.1) is 0 Å². The molecule has 1 aromatic rings. The van der Waals surface area contributed by atoms with E-state index in [2.05, 4.69) is 10.1 Å². The number of alkyl carbamates (subject to hydrolysis) is 1. The van der Waals surface area contributed by atoms with Gasteiger partial charge in [0.1, 0.15) is 5.75 Å². The fourth-order valence-corrected chi connectivity index (χ4v) is 0.986. The third-order valence-electron chi connectivity index (χ3n) is 1.74. The van der Waals surface area contributed by atoms with Crippen molar-refractivity contribution < 1.29 is 27.8 Å². The van der Waals surface area contributed by atoms with Crippen molar-refractivity contribution in [1.29, 1.82) is 0 Å². The molecule has 1 rings (SSSR count). The van der Waals surface area contributed by atoms with Gasteiger partial charge in [-0.2, -0.15) is 13.2 Å². The van der Waals surface area contributed by atoms with E-state index in [0.29, 0.717) is 5.56 Å². The Kier molecular flexibility index (Phi) is 4.19. The van der Waals surface area contributed by atoms with Crippen LogP contribution in [-0.2, 0) is 11.3 Å². The molecular formula is C10H10F3NO3. The number of ether oxygens (including phenoxy) is 1. The summed E-state index contributed by atoms with van der Waals surface area (Å²) >= 11 is 0. The third kappa shape index (κ3) is 5.64. The van der Waals surface area contributed by atoms with Gasteiger partial charge in [-0.25, -0.2) is 4.79 Å². The number of halogens is 3. The first-order chi connectivity index (χ1) is 7.87. The molecule has 0 saturated heterocycles. The molecule has 7 heteroatoms. The summed E-state index contributed by atoms with van der Waals surface area (Å²) in [6.07, 6.45) is -5.68. The highest BCUT2D eigenvalue weighted by molar-refractivity contribution is 5.67. The largest absolute Gasteiger partial charge is 0.508 e. The van der Waals surface area contributed by atoms with Crippen LogP contribution >= 0.6 is 0 Å². The molecule has 94 valence electrons. The zero-order valence-corrected chi connectivity index (χ0v) is 8.62. The van der Waals surface area contributed by atoms with E-state index in [4.69, 9.17) is 5.11 Å². The van der Waals surface area contributed by atoms with Crippen LogP contribution in [0.1, 0.15) is 5.56 Å². The summed E-state index contributed by atoms with van der Waals surface area (Å²) < 4.78 is 39.0. The average molecular weight is 249 g/mol. The van der Waals surface area contributed by atoms with Gasteiger partial charge < -0.3 is 15.2 Å². The van der Waals surface area contributed by atoms with Gasteiger partial charge in [0.15, 0.2) is 6.61 Å². The van der Waals surface area contributed by atoms with Gasteiger partial charge in [0.25, 0.3) is 0 Å². The average Bonchev–Trinajstić information content (AvgIpc) is 2.25. The van der Waals surface area contributed by atoms with Gasteiger partial charge in [-0.1, -0.05) is 12.1 Å². The molecular weight excluding hydrogens is 239 g/mol. The van der Waals surface area contributed by atoms with Crippen LogP contribution < -0.4 is 5.32 Å². The normalized spacial score (nSPS) is 11.0. The lowest BCUT2D eigenvalue weighted by Gasteiger charge is -2.09. The number of phenols is 1. The maximum absolute atomic E-state index is 11.7. The first kappa shape index (κ1) is 13.1. The Morgan fingerprint density at radius 1 is 1.29 bits per heavy atom. The van der Waals surface area contributed by atoms with E-state index in [9.17, 15) is 18.0 Å². The van der Waals surface area contributed by atoms with Gasteiger partial charge in [-0.15, -0.1) is 0 Å². The number of hydrogen-bond donors (Lipinski definition) is 2. The number of carbonyl (C=O) groups excluding carboxylic acids is 1. The molecule has 0 spiro atoms. The van der Waals surface area contributed by atoms with Gasteiger partial charge in [-0.05, 0) is 17.7 Å². The minimum absolute atomic E-state index is 0.0248. The number of amides is 1. The summed E-state index contributed by atoms with van der Waals surface area (Å²) in [4.78, 5) is 10.8. The highest BCUT2D eigenvalue weighted by atomic mass is 19.4. The standard InChI is InChI=1S/C10H10F3NO3/c11-10(12,13)6-17-9(16)14-5-7-1-3-8(15)4-2-7/h1-4,15H,5-6H2,(H,14,16). The molecule has 0 fully saturated rings. The van der Waals surface area contributed by atoms with Crippen LogP contribution in [0.15, 0.2) is 24.3 Å². The van der Waals surface area contributed by atoms with Crippen molar-refractivity contribution in [2.45, 2.75) is 12.7 Å². The van der Waals surface area contributed by atoms with Crippen LogP contribution in [0.4, 0.5) is 18.0 Å². The molecule has 0 radical (unpaired) electrons. The maximum atomic E-state index is 11.7. The van der Waals surface area contributed by atoms with Gasteiger partial charge in [-0.3, -0.25) is 0 Å². The number of carbonyl (C=O) groups is 1. The quantitative estimate of drug-likeness (QED) is 0.863. The fraction of sp³-hybridized carbons (Fsp3) is 0.300. The predicted octanol–water partition coefficient (Wildman–Crippen LogP) is 2.18. The van der Waals surface area contributed by atoms with E-state index in [1.54, 1.807) is 0 Å². The Hall–Kier alpha value is -1.92. The number of hydrogen-bond acceptors (Lipinski definition) is 3. The van der Waals surface area contributed by atoms with Crippen molar-refractivity contribution >= 4 is 6.09 Å². The van der Waals surface area contributed by atoms with E-state index in [-0.39, 0.29) is 12.3 Å². The number of alkyl halides is 3. The molecule has 0 heterocycles. The Labute approximate surface area is 95.0 Å². The number of benzene rings is 1. The molecule has 2 N–H and O–H groups in total.